The van der Waals surface area contributed by atoms with Crippen LogP contribution < -0.4 is 10.6 Å². The Hall–Kier alpha value is -2.31. The van der Waals surface area contributed by atoms with Gasteiger partial charge >= 0.3 is 12.1 Å². The molecule has 118 valence electrons. The van der Waals surface area contributed by atoms with Crippen molar-refractivity contribution < 1.29 is 14.0 Å². The molecule has 2 aliphatic heterocycles. The standard InChI is InChI=1S/C15H19FN4O2/c16-11-3-5-12(6-4-11)18-15(22)19-8-1-2-13(10-19)20-9-7-17-14(20)21/h3-6,13H,1-2,7-10H2,(H,17,21)(H,18,22)/t13-/m0/s1. The minimum atomic E-state index is -0.337. The number of likely N-dealkylation sites (tertiary alicyclic amines) is 1. The highest BCUT2D eigenvalue weighted by Crippen LogP contribution is 2.19. The van der Waals surface area contributed by atoms with E-state index in [1.54, 1.807) is 9.80 Å². The minimum Gasteiger partial charge on any atom is -0.336 e. The number of benzene rings is 1. The van der Waals surface area contributed by atoms with E-state index in [9.17, 15) is 14.0 Å². The van der Waals surface area contributed by atoms with Crippen LogP contribution in [0.5, 0.6) is 0 Å². The van der Waals surface area contributed by atoms with Crippen LogP contribution in [0.4, 0.5) is 19.7 Å². The van der Waals surface area contributed by atoms with Gasteiger partial charge in [-0.25, -0.2) is 14.0 Å². The maximum absolute atomic E-state index is 12.9. The number of hydrogen-bond donors (Lipinski definition) is 2. The summed E-state index contributed by atoms with van der Waals surface area (Å²) in [5.74, 6) is -0.337. The van der Waals surface area contributed by atoms with Crippen LogP contribution in [0.1, 0.15) is 12.8 Å². The maximum Gasteiger partial charge on any atom is 0.321 e. The van der Waals surface area contributed by atoms with Crippen LogP contribution in [0, 0.1) is 5.82 Å². The van der Waals surface area contributed by atoms with Crippen molar-refractivity contribution in [3.05, 3.63) is 30.1 Å². The van der Waals surface area contributed by atoms with Gasteiger partial charge in [0.15, 0.2) is 0 Å². The molecule has 2 N–H and O–H groups in total. The van der Waals surface area contributed by atoms with Gasteiger partial charge in [0.05, 0.1) is 6.04 Å². The van der Waals surface area contributed by atoms with Gasteiger partial charge < -0.3 is 20.4 Å². The van der Waals surface area contributed by atoms with E-state index in [-0.39, 0.29) is 23.9 Å². The number of nitrogens with one attached hydrogen (secondary N) is 2. The Balaban J connectivity index is 1.60. The van der Waals surface area contributed by atoms with Crippen molar-refractivity contribution in [1.29, 1.82) is 0 Å². The summed E-state index contributed by atoms with van der Waals surface area (Å²) in [5.41, 5.74) is 0.562. The van der Waals surface area contributed by atoms with Gasteiger partial charge in [-0.15, -0.1) is 0 Å². The molecule has 2 heterocycles. The summed E-state index contributed by atoms with van der Waals surface area (Å²) >= 11 is 0. The predicted molar refractivity (Wildman–Crippen MR) is 80.1 cm³/mol. The highest BCUT2D eigenvalue weighted by molar-refractivity contribution is 5.89. The highest BCUT2D eigenvalue weighted by atomic mass is 19.1. The first kappa shape index (κ1) is 14.6. The summed E-state index contributed by atoms with van der Waals surface area (Å²) in [7, 11) is 0. The Morgan fingerprint density at radius 3 is 2.73 bits per heavy atom. The summed E-state index contributed by atoms with van der Waals surface area (Å²) < 4.78 is 12.9. The monoisotopic (exact) mass is 306 g/mol. The van der Waals surface area contributed by atoms with Crippen LogP contribution in [0.2, 0.25) is 0 Å². The predicted octanol–water partition coefficient (Wildman–Crippen LogP) is 1.85. The van der Waals surface area contributed by atoms with E-state index in [0.29, 0.717) is 31.9 Å². The van der Waals surface area contributed by atoms with E-state index in [2.05, 4.69) is 10.6 Å². The number of amides is 4. The number of carbonyl (C=O) groups is 2. The van der Waals surface area contributed by atoms with Crippen LogP contribution in [-0.4, -0.2) is 54.1 Å². The lowest BCUT2D eigenvalue weighted by Gasteiger charge is -2.36. The smallest absolute Gasteiger partial charge is 0.321 e. The van der Waals surface area contributed by atoms with Crippen LogP contribution in [0.25, 0.3) is 0 Å². The molecule has 2 fully saturated rings. The van der Waals surface area contributed by atoms with E-state index in [1.807, 2.05) is 0 Å². The molecule has 1 atom stereocenters. The Labute approximate surface area is 128 Å². The number of rotatable bonds is 2. The number of halogens is 1. The molecule has 1 aromatic carbocycles. The number of hydrogen-bond acceptors (Lipinski definition) is 2. The average molecular weight is 306 g/mol. The van der Waals surface area contributed by atoms with E-state index in [4.69, 9.17) is 0 Å². The molecule has 22 heavy (non-hydrogen) atoms. The first-order chi connectivity index (χ1) is 10.6. The second-order valence-electron chi connectivity index (χ2n) is 5.60. The lowest BCUT2D eigenvalue weighted by molar-refractivity contribution is 0.139. The van der Waals surface area contributed by atoms with Crippen LogP contribution in [0.3, 0.4) is 0 Å². The number of piperidine rings is 1. The fraction of sp³-hybridized carbons (Fsp3) is 0.467. The van der Waals surface area contributed by atoms with Crippen LogP contribution >= 0.6 is 0 Å². The van der Waals surface area contributed by atoms with Gasteiger partial charge in [0.2, 0.25) is 0 Å². The maximum atomic E-state index is 12.9. The molecule has 0 spiro atoms. The molecule has 0 aliphatic carbocycles. The summed E-state index contributed by atoms with van der Waals surface area (Å²) in [6.07, 6.45) is 1.78. The molecule has 0 bridgehead atoms. The van der Waals surface area contributed by atoms with E-state index >= 15 is 0 Å². The Morgan fingerprint density at radius 1 is 1.27 bits per heavy atom. The number of urea groups is 2. The van der Waals surface area contributed by atoms with Gasteiger partial charge in [-0.2, -0.15) is 0 Å². The number of anilines is 1. The molecular formula is C15H19FN4O2. The lowest BCUT2D eigenvalue weighted by atomic mass is 10.0. The molecule has 0 saturated carbocycles. The Kier molecular flexibility index (Phi) is 4.13. The molecule has 7 heteroatoms. The fourth-order valence-electron chi connectivity index (χ4n) is 2.96. The second kappa shape index (κ2) is 6.21. The first-order valence-corrected chi connectivity index (χ1v) is 7.49. The zero-order valence-electron chi connectivity index (χ0n) is 12.2. The summed E-state index contributed by atoms with van der Waals surface area (Å²) in [5, 5.41) is 5.55. The molecule has 0 unspecified atom stereocenters. The molecule has 2 saturated heterocycles. The van der Waals surface area contributed by atoms with Gasteiger partial charge in [-0.1, -0.05) is 0 Å². The average Bonchev–Trinajstić information content (AvgIpc) is 2.96. The topological polar surface area (TPSA) is 64.7 Å². The van der Waals surface area contributed by atoms with Gasteiger partial charge in [0, 0.05) is 31.9 Å². The van der Waals surface area contributed by atoms with Crippen molar-refractivity contribution in [2.75, 3.05) is 31.5 Å². The van der Waals surface area contributed by atoms with Crippen LogP contribution in [-0.2, 0) is 0 Å². The molecule has 4 amide bonds. The lowest BCUT2D eigenvalue weighted by Crippen LogP contribution is -2.51. The molecule has 6 nitrogen and oxygen atoms in total. The third-order valence-electron chi connectivity index (χ3n) is 4.11. The highest BCUT2D eigenvalue weighted by Gasteiger charge is 2.32. The molecule has 2 aliphatic rings. The van der Waals surface area contributed by atoms with Crippen molar-refractivity contribution in [3.63, 3.8) is 0 Å². The van der Waals surface area contributed by atoms with Crippen molar-refractivity contribution in [3.8, 4) is 0 Å². The van der Waals surface area contributed by atoms with Crippen molar-refractivity contribution in [2.45, 2.75) is 18.9 Å². The van der Waals surface area contributed by atoms with Crippen LogP contribution in [0.15, 0.2) is 24.3 Å². The molecular weight excluding hydrogens is 287 g/mol. The molecule has 1 aromatic rings. The van der Waals surface area contributed by atoms with Gasteiger partial charge in [-0.05, 0) is 37.1 Å². The fourth-order valence-corrected chi connectivity index (χ4v) is 2.96. The quantitative estimate of drug-likeness (QED) is 0.876. The second-order valence-corrected chi connectivity index (χ2v) is 5.60. The van der Waals surface area contributed by atoms with Crippen molar-refractivity contribution in [2.24, 2.45) is 0 Å². The SMILES string of the molecule is O=C(Nc1ccc(F)cc1)N1CCC[C@H](N2CCNC2=O)C1. The third-order valence-corrected chi connectivity index (χ3v) is 4.11. The van der Waals surface area contributed by atoms with E-state index in [1.165, 1.54) is 24.3 Å². The Bertz CT molecular complexity index is 563. The third kappa shape index (κ3) is 3.13. The summed E-state index contributed by atoms with van der Waals surface area (Å²) in [6, 6.07) is 5.48. The largest absolute Gasteiger partial charge is 0.336 e. The molecule has 0 radical (unpaired) electrons. The number of carbonyl (C=O) groups excluding carboxylic acids is 2. The van der Waals surface area contributed by atoms with E-state index in [0.717, 1.165) is 12.8 Å². The van der Waals surface area contributed by atoms with Gasteiger partial charge in [-0.3, -0.25) is 0 Å². The zero-order valence-corrected chi connectivity index (χ0v) is 12.2. The van der Waals surface area contributed by atoms with Crippen molar-refractivity contribution >= 4 is 17.7 Å². The van der Waals surface area contributed by atoms with Gasteiger partial charge in [0.25, 0.3) is 0 Å². The van der Waals surface area contributed by atoms with Crippen molar-refractivity contribution in [1.82, 2.24) is 15.1 Å². The summed E-state index contributed by atoms with van der Waals surface area (Å²) in [6.45, 7) is 2.55. The minimum absolute atomic E-state index is 0.0502. The summed E-state index contributed by atoms with van der Waals surface area (Å²) in [4.78, 5) is 27.5. The first-order valence-electron chi connectivity index (χ1n) is 7.49. The normalized spacial score (nSPS) is 21.7. The number of nitrogens with zero attached hydrogens (tertiary/aromatic N) is 2. The molecule has 3 rings (SSSR count). The van der Waals surface area contributed by atoms with Gasteiger partial charge in [0.1, 0.15) is 5.82 Å². The van der Waals surface area contributed by atoms with E-state index < -0.39 is 0 Å². The molecule has 0 aromatic heterocycles. The zero-order chi connectivity index (χ0) is 15.5. The Morgan fingerprint density at radius 2 is 2.05 bits per heavy atom.